The van der Waals surface area contributed by atoms with E-state index in [1.807, 2.05) is 36.1 Å². The first-order chi connectivity index (χ1) is 12.6. The van der Waals surface area contributed by atoms with E-state index in [0.717, 1.165) is 41.0 Å². The largest absolute Gasteiger partial charge is 0.294 e. The molecule has 0 N–H and O–H groups in total. The summed E-state index contributed by atoms with van der Waals surface area (Å²) >= 11 is 0. The number of pyridine rings is 1. The van der Waals surface area contributed by atoms with Gasteiger partial charge in [-0.1, -0.05) is 12.1 Å². The number of aryl methyl sites for hydroxylation is 1. The van der Waals surface area contributed by atoms with Gasteiger partial charge >= 0.3 is 0 Å². The normalized spacial score (nSPS) is 14.2. The molecule has 0 saturated carbocycles. The van der Waals surface area contributed by atoms with Crippen molar-refractivity contribution in [1.82, 2.24) is 19.7 Å². The van der Waals surface area contributed by atoms with Crippen molar-refractivity contribution in [3.8, 4) is 11.3 Å². The Morgan fingerprint density at radius 2 is 2.04 bits per heavy atom. The quantitative estimate of drug-likeness (QED) is 0.535. The van der Waals surface area contributed by atoms with Gasteiger partial charge in [0, 0.05) is 68.0 Å². The molecule has 0 spiro atoms. The average Bonchev–Trinajstić information content (AvgIpc) is 3.02. The molecule has 7 heteroatoms. The Morgan fingerprint density at radius 3 is 2.81 bits per heavy atom. The highest BCUT2D eigenvalue weighted by Gasteiger charge is 2.24. The predicted molar refractivity (Wildman–Crippen MR) is 97.4 cm³/mol. The number of nitrogens with zero attached hydrogens (tertiary/aromatic N) is 5. The van der Waals surface area contributed by atoms with Gasteiger partial charge in [0.05, 0.1) is 10.6 Å². The van der Waals surface area contributed by atoms with Crippen LogP contribution < -0.4 is 0 Å². The second-order valence-corrected chi connectivity index (χ2v) is 6.55. The molecule has 0 unspecified atom stereocenters. The van der Waals surface area contributed by atoms with E-state index in [9.17, 15) is 10.1 Å². The van der Waals surface area contributed by atoms with Crippen LogP contribution in [0.25, 0.3) is 11.3 Å². The number of aromatic nitrogens is 3. The maximum atomic E-state index is 11.2. The summed E-state index contributed by atoms with van der Waals surface area (Å²) < 4.78 is 1.83. The molecule has 4 rings (SSSR count). The first-order valence-electron chi connectivity index (χ1n) is 8.52. The lowest BCUT2D eigenvalue weighted by atomic mass is 9.97. The van der Waals surface area contributed by atoms with E-state index in [1.165, 1.54) is 0 Å². The molecule has 0 bridgehead atoms. The van der Waals surface area contributed by atoms with Gasteiger partial charge in [0.1, 0.15) is 0 Å². The molecule has 0 saturated heterocycles. The minimum Gasteiger partial charge on any atom is -0.294 e. The summed E-state index contributed by atoms with van der Waals surface area (Å²) in [7, 11) is 1.92. The molecular weight excluding hydrogens is 330 g/mol. The van der Waals surface area contributed by atoms with Crippen molar-refractivity contribution >= 4 is 5.69 Å². The molecule has 1 aromatic carbocycles. The van der Waals surface area contributed by atoms with Crippen LogP contribution in [0.3, 0.4) is 0 Å². The van der Waals surface area contributed by atoms with Crippen molar-refractivity contribution in [1.29, 1.82) is 0 Å². The van der Waals surface area contributed by atoms with Crippen LogP contribution in [-0.4, -0.2) is 31.1 Å². The molecule has 2 aromatic heterocycles. The van der Waals surface area contributed by atoms with Crippen molar-refractivity contribution in [2.24, 2.45) is 7.05 Å². The Kier molecular flexibility index (Phi) is 4.22. The number of rotatable bonds is 4. The predicted octanol–water partition coefficient (Wildman–Crippen LogP) is 2.95. The summed E-state index contributed by atoms with van der Waals surface area (Å²) in [6, 6.07) is 9.27. The average molecular weight is 349 g/mol. The number of hydrogen-bond donors (Lipinski definition) is 0. The van der Waals surface area contributed by atoms with Crippen LogP contribution >= 0.6 is 0 Å². The van der Waals surface area contributed by atoms with Crippen molar-refractivity contribution in [2.45, 2.75) is 19.5 Å². The maximum absolute atomic E-state index is 11.2. The van der Waals surface area contributed by atoms with Crippen LogP contribution in [0.2, 0.25) is 0 Å². The fourth-order valence-electron chi connectivity index (χ4n) is 3.60. The smallest absolute Gasteiger partial charge is 0.272 e. The van der Waals surface area contributed by atoms with Crippen LogP contribution in [0.1, 0.15) is 16.7 Å². The zero-order chi connectivity index (χ0) is 18.1. The third-order valence-electron chi connectivity index (χ3n) is 4.77. The fraction of sp³-hybridized carbons (Fsp3) is 0.263. The summed E-state index contributed by atoms with van der Waals surface area (Å²) in [5, 5.41) is 15.8. The standard InChI is InChI=1S/C19H19N5O2/c1-22-11-16(19(21-22)14-5-8-20-9-6-14)13-23-10-7-17-15(12-23)3-2-4-18(17)24(25)26/h2-6,8-9,11H,7,10,12-13H2,1H3. The lowest BCUT2D eigenvalue weighted by Crippen LogP contribution is -2.30. The zero-order valence-corrected chi connectivity index (χ0v) is 14.5. The zero-order valence-electron chi connectivity index (χ0n) is 14.5. The monoisotopic (exact) mass is 349 g/mol. The van der Waals surface area contributed by atoms with Gasteiger partial charge in [-0.15, -0.1) is 0 Å². The Hall–Kier alpha value is -3.06. The number of nitro benzene ring substituents is 1. The van der Waals surface area contributed by atoms with Crippen molar-refractivity contribution in [3.05, 3.63) is 75.7 Å². The SMILES string of the molecule is Cn1cc(CN2CCc3c(cccc3[N+](=O)[O-])C2)c(-c2ccncc2)n1. The van der Waals surface area contributed by atoms with Gasteiger partial charge < -0.3 is 0 Å². The van der Waals surface area contributed by atoms with E-state index < -0.39 is 0 Å². The van der Waals surface area contributed by atoms with Crippen molar-refractivity contribution < 1.29 is 4.92 Å². The van der Waals surface area contributed by atoms with Crippen LogP contribution in [0, 0.1) is 10.1 Å². The molecule has 132 valence electrons. The van der Waals surface area contributed by atoms with Gasteiger partial charge in [-0.2, -0.15) is 5.10 Å². The minimum atomic E-state index is -0.281. The number of nitro groups is 1. The maximum Gasteiger partial charge on any atom is 0.272 e. The van der Waals surface area contributed by atoms with Gasteiger partial charge in [0.2, 0.25) is 0 Å². The summed E-state index contributed by atoms with van der Waals surface area (Å²) in [4.78, 5) is 17.3. The van der Waals surface area contributed by atoms with Gasteiger partial charge in [-0.25, -0.2) is 0 Å². The van der Waals surface area contributed by atoms with E-state index in [4.69, 9.17) is 0 Å². The van der Waals surface area contributed by atoms with Crippen molar-refractivity contribution in [2.75, 3.05) is 6.54 Å². The summed E-state index contributed by atoms with van der Waals surface area (Å²) in [6.07, 6.45) is 6.27. The van der Waals surface area contributed by atoms with E-state index in [2.05, 4.69) is 15.0 Å². The van der Waals surface area contributed by atoms with Gasteiger partial charge in [-0.3, -0.25) is 24.7 Å². The molecule has 7 nitrogen and oxygen atoms in total. The van der Waals surface area contributed by atoms with E-state index in [0.29, 0.717) is 13.0 Å². The molecular formula is C19H19N5O2. The van der Waals surface area contributed by atoms with Crippen LogP contribution in [0.15, 0.2) is 48.9 Å². The minimum absolute atomic E-state index is 0.237. The number of benzene rings is 1. The number of hydrogen-bond acceptors (Lipinski definition) is 5. The summed E-state index contributed by atoms with van der Waals surface area (Å²) in [5.41, 5.74) is 5.30. The Labute approximate surface area is 151 Å². The topological polar surface area (TPSA) is 77.1 Å². The third-order valence-corrected chi connectivity index (χ3v) is 4.77. The van der Waals surface area contributed by atoms with Crippen LogP contribution in [0.4, 0.5) is 5.69 Å². The van der Waals surface area contributed by atoms with Crippen molar-refractivity contribution in [3.63, 3.8) is 0 Å². The highest BCUT2D eigenvalue weighted by molar-refractivity contribution is 5.62. The van der Waals surface area contributed by atoms with E-state index in [1.54, 1.807) is 24.5 Å². The highest BCUT2D eigenvalue weighted by Crippen LogP contribution is 2.29. The Morgan fingerprint density at radius 1 is 1.23 bits per heavy atom. The third kappa shape index (κ3) is 3.09. The molecule has 3 aromatic rings. The Bertz CT molecular complexity index is 952. The fourth-order valence-corrected chi connectivity index (χ4v) is 3.60. The second-order valence-electron chi connectivity index (χ2n) is 6.55. The molecule has 1 aliphatic rings. The Balaban J connectivity index is 1.59. The molecule has 0 aliphatic carbocycles. The first kappa shape index (κ1) is 16.4. The summed E-state index contributed by atoms with van der Waals surface area (Å²) in [6.45, 7) is 2.26. The molecule has 1 aliphatic heterocycles. The molecule has 26 heavy (non-hydrogen) atoms. The van der Waals surface area contributed by atoms with Crippen LogP contribution in [0.5, 0.6) is 0 Å². The van der Waals surface area contributed by atoms with Gasteiger partial charge in [-0.05, 0) is 24.1 Å². The first-order valence-corrected chi connectivity index (χ1v) is 8.52. The lowest BCUT2D eigenvalue weighted by molar-refractivity contribution is -0.385. The highest BCUT2D eigenvalue weighted by atomic mass is 16.6. The van der Waals surface area contributed by atoms with Gasteiger partial charge in [0.15, 0.2) is 0 Å². The lowest BCUT2D eigenvalue weighted by Gasteiger charge is -2.28. The molecule has 0 radical (unpaired) electrons. The van der Waals surface area contributed by atoms with E-state index >= 15 is 0 Å². The van der Waals surface area contributed by atoms with Gasteiger partial charge in [0.25, 0.3) is 5.69 Å². The molecule has 0 atom stereocenters. The van der Waals surface area contributed by atoms with Crippen LogP contribution in [-0.2, 0) is 26.6 Å². The molecule has 0 amide bonds. The number of fused-ring (bicyclic) bond motifs is 1. The van der Waals surface area contributed by atoms with E-state index in [-0.39, 0.29) is 10.6 Å². The second kappa shape index (κ2) is 6.68. The molecule has 3 heterocycles. The molecule has 0 fully saturated rings. The summed E-state index contributed by atoms with van der Waals surface area (Å²) in [5.74, 6) is 0.